The highest BCUT2D eigenvalue weighted by Crippen LogP contribution is 2.28. The SMILES string of the molecule is Cc1ccn2c(=O)c(C(=O)N3CCC(NCC4CC4)CC3)cnc2c1.Cl. The molecule has 26 heavy (non-hydrogen) atoms. The molecule has 0 unspecified atom stereocenters. The molecule has 6 nitrogen and oxygen atoms in total. The van der Waals surface area contributed by atoms with Crippen LogP contribution < -0.4 is 10.9 Å². The number of aromatic nitrogens is 2. The van der Waals surface area contributed by atoms with Gasteiger partial charge in [-0.2, -0.15) is 0 Å². The summed E-state index contributed by atoms with van der Waals surface area (Å²) in [6.07, 6.45) is 7.70. The van der Waals surface area contributed by atoms with E-state index in [4.69, 9.17) is 0 Å². The van der Waals surface area contributed by atoms with E-state index in [1.54, 1.807) is 11.1 Å². The predicted octanol–water partition coefficient (Wildman–Crippen LogP) is 2.03. The van der Waals surface area contributed by atoms with E-state index in [0.29, 0.717) is 24.8 Å². The first kappa shape index (κ1) is 18.9. The number of halogens is 1. The summed E-state index contributed by atoms with van der Waals surface area (Å²) in [6.45, 7) is 4.44. The second-order valence-electron chi connectivity index (χ2n) is 7.33. The monoisotopic (exact) mass is 376 g/mol. The van der Waals surface area contributed by atoms with Crippen molar-refractivity contribution in [2.45, 2.75) is 38.6 Å². The van der Waals surface area contributed by atoms with Gasteiger partial charge < -0.3 is 10.2 Å². The van der Waals surface area contributed by atoms with Crippen molar-refractivity contribution in [3.8, 4) is 0 Å². The topological polar surface area (TPSA) is 66.7 Å². The molecule has 0 radical (unpaired) electrons. The van der Waals surface area contributed by atoms with Crippen LogP contribution in [0.1, 0.15) is 41.6 Å². The van der Waals surface area contributed by atoms with Crippen LogP contribution in [0.15, 0.2) is 29.3 Å². The number of fused-ring (bicyclic) bond motifs is 1. The van der Waals surface area contributed by atoms with Crippen molar-refractivity contribution in [3.63, 3.8) is 0 Å². The van der Waals surface area contributed by atoms with E-state index in [2.05, 4.69) is 10.3 Å². The maximum Gasteiger partial charge on any atom is 0.270 e. The van der Waals surface area contributed by atoms with Crippen molar-refractivity contribution in [2.24, 2.45) is 5.92 Å². The summed E-state index contributed by atoms with van der Waals surface area (Å²) in [6, 6.07) is 4.18. The van der Waals surface area contributed by atoms with E-state index < -0.39 is 0 Å². The van der Waals surface area contributed by atoms with Gasteiger partial charge in [0.1, 0.15) is 11.2 Å². The lowest BCUT2D eigenvalue weighted by Crippen LogP contribution is -2.46. The van der Waals surface area contributed by atoms with Gasteiger partial charge in [-0.25, -0.2) is 4.98 Å². The Kier molecular flexibility index (Phi) is 5.63. The van der Waals surface area contributed by atoms with Crippen LogP contribution in [0.25, 0.3) is 5.65 Å². The Morgan fingerprint density at radius 2 is 2.00 bits per heavy atom. The van der Waals surface area contributed by atoms with Crippen LogP contribution in [0.3, 0.4) is 0 Å². The number of hydrogen-bond acceptors (Lipinski definition) is 4. The van der Waals surface area contributed by atoms with Crippen LogP contribution in [0.4, 0.5) is 0 Å². The maximum absolute atomic E-state index is 12.8. The molecule has 0 bridgehead atoms. The Bertz CT molecular complexity index is 854. The molecule has 1 aliphatic heterocycles. The quantitative estimate of drug-likeness (QED) is 0.886. The first-order valence-electron chi connectivity index (χ1n) is 9.12. The molecule has 2 fully saturated rings. The van der Waals surface area contributed by atoms with Crippen LogP contribution in [-0.4, -0.2) is 45.9 Å². The highest BCUT2D eigenvalue weighted by Gasteiger charge is 2.27. The van der Waals surface area contributed by atoms with Crippen molar-refractivity contribution < 1.29 is 4.79 Å². The van der Waals surface area contributed by atoms with Crippen molar-refractivity contribution in [1.82, 2.24) is 19.6 Å². The van der Waals surface area contributed by atoms with Gasteiger partial charge in [0.2, 0.25) is 0 Å². The first-order valence-corrected chi connectivity index (χ1v) is 9.12. The largest absolute Gasteiger partial charge is 0.338 e. The summed E-state index contributed by atoms with van der Waals surface area (Å²) in [7, 11) is 0. The Balaban J connectivity index is 0.00000196. The molecule has 1 amide bonds. The summed E-state index contributed by atoms with van der Waals surface area (Å²) in [5, 5.41) is 3.61. The molecule has 140 valence electrons. The summed E-state index contributed by atoms with van der Waals surface area (Å²) < 4.78 is 1.45. The molecule has 7 heteroatoms. The molecule has 0 spiro atoms. The van der Waals surface area contributed by atoms with Gasteiger partial charge in [0.05, 0.1) is 0 Å². The van der Waals surface area contributed by atoms with E-state index in [0.717, 1.165) is 30.9 Å². The number of piperidine rings is 1. The summed E-state index contributed by atoms with van der Waals surface area (Å²) in [4.78, 5) is 31.5. The zero-order valence-electron chi connectivity index (χ0n) is 15.0. The molecule has 1 saturated carbocycles. The van der Waals surface area contributed by atoms with Gasteiger partial charge in [0.25, 0.3) is 11.5 Å². The summed E-state index contributed by atoms with van der Waals surface area (Å²) >= 11 is 0. The third kappa shape index (κ3) is 3.91. The fraction of sp³-hybridized carbons (Fsp3) is 0.526. The fourth-order valence-corrected chi connectivity index (χ4v) is 3.44. The van der Waals surface area contributed by atoms with E-state index in [1.807, 2.05) is 19.1 Å². The zero-order chi connectivity index (χ0) is 17.4. The van der Waals surface area contributed by atoms with Gasteiger partial charge in [-0.3, -0.25) is 14.0 Å². The summed E-state index contributed by atoms with van der Waals surface area (Å²) in [5.41, 5.74) is 1.48. The minimum atomic E-state index is -0.288. The average Bonchev–Trinajstić information content (AvgIpc) is 3.44. The maximum atomic E-state index is 12.8. The Hall–Kier alpha value is -1.92. The normalized spacial score (nSPS) is 18.0. The van der Waals surface area contributed by atoms with Crippen molar-refractivity contribution in [1.29, 1.82) is 0 Å². The highest BCUT2D eigenvalue weighted by atomic mass is 35.5. The lowest BCUT2D eigenvalue weighted by Gasteiger charge is -2.32. The standard InChI is InChI=1S/C19H24N4O2.ClH/c1-13-4-9-23-17(10-13)21-12-16(19(23)25)18(24)22-7-5-15(6-8-22)20-11-14-2-3-14;/h4,9-10,12,14-15,20H,2-3,5-8,11H2,1H3;1H. The first-order chi connectivity index (χ1) is 12.1. The second-order valence-corrected chi connectivity index (χ2v) is 7.33. The molecule has 1 N–H and O–H groups in total. The third-order valence-corrected chi connectivity index (χ3v) is 5.27. The number of hydrogen-bond donors (Lipinski definition) is 1. The number of nitrogens with one attached hydrogen (secondary N) is 1. The second kappa shape index (κ2) is 7.76. The van der Waals surface area contributed by atoms with Crippen LogP contribution in [0, 0.1) is 12.8 Å². The molecule has 1 aliphatic carbocycles. The minimum Gasteiger partial charge on any atom is -0.338 e. The number of rotatable bonds is 4. The highest BCUT2D eigenvalue weighted by molar-refractivity contribution is 5.93. The van der Waals surface area contributed by atoms with Gasteiger partial charge >= 0.3 is 0 Å². The lowest BCUT2D eigenvalue weighted by molar-refractivity contribution is 0.0702. The van der Waals surface area contributed by atoms with Crippen molar-refractivity contribution >= 4 is 24.0 Å². The number of pyridine rings is 1. The van der Waals surface area contributed by atoms with Gasteiger partial charge in [-0.05, 0) is 62.8 Å². The Morgan fingerprint density at radius 1 is 1.27 bits per heavy atom. The molecular formula is C19H25ClN4O2. The number of carbonyl (C=O) groups is 1. The molecule has 4 rings (SSSR count). The lowest BCUT2D eigenvalue weighted by atomic mass is 10.0. The van der Waals surface area contributed by atoms with E-state index >= 15 is 0 Å². The number of likely N-dealkylation sites (tertiary alicyclic amines) is 1. The molecule has 3 heterocycles. The molecule has 2 aromatic rings. The molecular weight excluding hydrogens is 352 g/mol. The van der Waals surface area contributed by atoms with Crippen molar-refractivity contribution in [3.05, 3.63) is 46.0 Å². The van der Waals surface area contributed by atoms with Gasteiger partial charge in [0, 0.05) is 31.5 Å². The van der Waals surface area contributed by atoms with Gasteiger partial charge in [-0.15, -0.1) is 12.4 Å². The predicted molar refractivity (Wildman–Crippen MR) is 103 cm³/mol. The third-order valence-electron chi connectivity index (χ3n) is 5.27. The molecule has 2 aliphatic rings. The van der Waals surface area contributed by atoms with Crippen LogP contribution >= 0.6 is 12.4 Å². The number of aryl methyl sites for hydroxylation is 1. The number of amides is 1. The van der Waals surface area contributed by atoms with Crippen LogP contribution in [-0.2, 0) is 0 Å². The molecule has 0 atom stereocenters. The molecule has 0 aromatic carbocycles. The van der Waals surface area contributed by atoms with E-state index in [9.17, 15) is 9.59 Å². The summed E-state index contributed by atoms with van der Waals surface area (Å²) in [5.74, 6) is 0.667. The number of nitrogens with zero attached hydrogens (tertiary/aromatic N) is 3. The fourth-order valence-electron chi connectivity index (χ4n) is 3.44. The van der Waals surface area contributed by atoms with Gasteiger partial charge in [0.15, 0.2) is 0 Å². The Morgan fingerprint density at radius 3 is 2.69 bits per heavy atom. The van der Waals surface area contributed by atoms with Gasteiger partial charge in [-0.1, -0.05) is 0 Å². The Labute approximate surface area is 159 Å². The molecule has 1 saturated heterocycles. The smallest absolute Gasteiger partial charge is 0.270 e. The van der Waals surface area contributed by atoms with Crippen LogP contribution in [0.5, 0.6) is 0 Å². The van der Waals surface area contributed by atoms with E-state index in [1.165, 1.54) is 23.4 Å². The van der Waals surface area contributed by atoms with Crippen molar-refractivity contribution in [2.75, 3.05) is 19.6 Å². The average molecular weight is 377 g/mol. The van der Waals surface area contributed by atoms with Crippen LogP contribution in [0.2, 0.25) is 0 Å². The molecule has 2 aromatic heterocycles. The van der Waals surface area contributed by atoms with E-state index in [-0.39, 0.29) is 29.4 Å². The number of carbonyl (C=O) groups excluding carboxylic acids is 1. The minimum absolute atomic E-state index is 0. The zero-order valence-corrected chi connectivity index (χ0v) is 15.8.